The first kappa shape index (κ1) is 13.7. The van der Waals surface area contributed by atoms with Gasteiger partial charge in [-0.25, -0.2) is 0 Å². The smallest absolute Gasteiger partial charge is 0.0195 e. The maximum absolute atomic E-state index is 3.68. The van der Waals surface area contributed by atoms with Gasteiger partial charge in [0.05, 0.1) is 0 Å². The lowest BCUT2D eigenvalue weighted by molar-refractivity contribution is 0.164. The Hall–Kier alpha value is 0.270. The van der Waals surface area contributed by atoms with E-state index in [-0.39, 0.29) is 0 Å². The molecule has 0 radical (unpaired) electrons. The molecule has 2 fully saturated rings. The average molecular weight is 256 g/mol. The SMILES string of the molecule is CC(C)N(CC1CCSC1)CC1CCCCN1. The molecule has 2 heterocycles. The molecule has 0 bridgehead atoms. The Morgan fingerprint density at radius 2 is 2.12 bits per heavy atom. The van der Waals surface area contributed by atoms with Gasteiger partial charge in [0.15, 0.2) is 0 Å². The van der Waals surface area contributed by atoms with Crippen LogP contribution in [-0.4, -0.2) is 48.1 Å². The Labute approximate surface area is 111 Å². The molecule has 2 atom stereocenters. The summed E-state index contributed by atoms with van der Waals surface area (Å²) in [5.41, 5.74) is 0. The minimum Gasteiger partial charge on any atom is -0.313 e. The molecule has 0 aromatic rings. The molecule has 3 heteroatoms. The highest BCUT2D eigenvalue weighted by Gasteiger charge is 2.23. The third-order valence-electron chi connectivity index (χ3n) is 4.11. The lowest BCUT2D eigenvalue weighted by Gasteiger charge is -2.34. The molecule has 0 spiro atoms. The Balaban J connectivity index is 1.78. The summed E-state index contributed by atoms with van der Waals surface area (Å²) in [6, 6.07) is 1.45. The monoisotopic (exact) mass is 256 g/mol. The Bertz CT molecular complexity index is 208. The number of nitrogens with one attached hydrogen (secondary N) is 1. The zero-order chi connectivity index (χ0) is 12.1. The van der Waals surface area contributed by atoms with E-state index in [9.17, 15) is 0 Å². The van der Waals surface area contributed by atoms with Crippen LogP contribution in [0, 0.1) is 5.92 Å². The molecular weight excluding hydrogens is 228 g/mol. The summed E-state index contributed by atoms with van der Waals surface area (Å²) in [7, 11) is 0. The zero-order valence-electron chi connectivity index (χ0n) is 11.5. The third-order valence-corrected chi connectivity index (χ3v) is 5.35. The van der Waals surface area contributed by atoms with Crippen LogP contribution in [0.15, 0.2) is 0 Å². The van der Waals surface area contributed by atoms with Gasteiger partial charge < -0.3 is 5.32 Å². The van der Waals surface area contributed by atoms with Gasteiger partial charge in [0, 0.05) is 25.2 Å². The Morgan fingerprint density at radius 1 is 1.24 bits per heavy atom. The van der Waals surface area contributed by atoms with E-state index < -0.39 is 0 Å². The van der Waals surface area contributed by atoms with Gasteiger partial charge in [0.2, 0.25) is 0 Å². The van der Waals surface area contributed by atoms with Gasteiger partial charge in [-0.15, -0.1) is 0 Å². The van der Waals surface area contributed by atoms with Gasteiger partial charge in [0.25, 0.3) is 0 Å². The number of rotatable bonds is 5. The highest BCUT2D eigenvalue weighted by atomic mass is 32.2. The van der Waals surface area contributed by atoms with Crippen molar-refractivity contribution in [1.82, 2.24) is 10.2 Å². The van der Waals surface area contributed by atoms with E-state index in [4.69, 9.17) is 0 Å². The molecule has 100 valence electrons. The van der Waals surface area contributed by atoms with Gasteiger partial charge in [-0.3, -0.25) is 4.90 Å². The Kier molecular flexibility index (Phi) is 5.64. The Morgan fingerprint density at radius 3 is 2.71 bits per heavy atom. The second-order valence-corrected chi connectivity index (χ2v) is 7.07. The van der Waals surface area contributed by atoms with Crippen LogP contribution in [0.25, 0.3) is 0 Å². The van der Waals surface area contributed by atoms with Crippen LogP contribution in [0.4, 0.5) is 0 Å². The van der Waals surface area contributed by atoms with Crippen molar-refractivity contribution < 1.29 is 0 Å². The van der Waals surface area contributed by atoms with E-state index in [0.29, 0.717) is 6.04 Å². The molecule has 0 aromatic carbocycles. The number of nitrogens with zero attached hydrogens (tertiary/aromatic N) is 1. The maximum Gasteiger partial charge on any atom is 0.0195 e. The molecule has 0 amide bonds. The van der Waals surface area contributed by atoms with Crippen LogP contribution in [0.1, 0.15) is 39.5 Å². The molecule has 2 nitrogen and oxygen atoms in total. The molecule has 2 aliphatic heterocycles. The predicted octanol–water partition coefficient (Wildman–Crippen LogP) is 2.59. The molecule has 2 unspecified atom stereocenters. The van der Waals surface area contributed by atoms with Crippen molar-refractivity contribution in [1.29, 1.82) is 0 Å². The normalized spacial score (nSPS) is 30.4. The lowest BCUT2D eigenvalue weighted by atomic mass is 10.0. The van der Waals surface area contributed by atoms with Crippen molar-refractivity contribution in [2.24, 2.45) is 5.92 Å². The molecule has 0 aromatic heterocycles. The standard InChI is InChI=1S/C14H28N2S/c1-12(2)16(9-13-6-8-17-11-13)10-14-5-3-4-7-15-14/h12-15H,3-11H2,1-2H3. The van der Waals surface area contributed by atoms with Crippen molar-refractivity contribution in [3.63, 3.8) is 0 Å². The van der Waals surface area contributed by atoms with Crippen LogP contribution in [0.3, 0.4) is 0 Å². The second kappa shape index (κ2) is 7.01. The van der Waals surface area contributed by atoms with Crippen LogP contribution in [0.2, 0.25) is 0 Å². The molecule has 2 saturated heterocycles. The van der Waals surface area contributed by atoms with E-state index in [2.05, 4.69) is 35.8 Å². The second-order valence-electron chi connectivity index (χ2n) is 5.92. The van der Waals surface area contributed by atoms with E-state index in [1.54, 1.807) is 0 Å². The summed E-state index contributed by atoms with van der Waals surface area (Å²) >= 11 is 2.14. The largest absolute Gasteiger partial charge is 0.313 e. The summed E-state index contributed by atoms with van der Waals surface area (Å²) in [4.78, 5) is 2.71. The van der Waals surface area contributed by atoms with E-state index >= 15 is 0 Å². The number of hydrogen-bond acceptors (Lipinski definition) is 3. The summed E-state index contributed by atoms with van der Waals surface area (Å²) in [5.74, 6) is 3.73. The van der Waals surface area contributed by atoms with E-state index in [1.807, 2.05) is 0 Å². The van der Waals surface area contributed by atoms with Crippen LogP contribution < -0.4 is 5.32 Å². The number of piperidine rings is 1. The molecule has 17 heavy (non-hydrogen) atoms. The molecule has 2 aliphatic rings. The number of thioether (sulfide) groups is 1. The highest BCUT2D eigenvalue weighted by Crippen LogP contribution is 2.25. The van der Waals surface area contributed by atoms with Gasteiger partial charge >= 0.3 is 0 Å². The van der Waals surface area contributed by atoms with E-state index in [1.165, 1.54) is 56.8 Å². The average Bonchev–Trinajstić information content (AvgIpc) is 2.82. The first-order chi connectivity index (χ1) is 8.25. The summed E-state index contributed by atoms with van der Waals surface area (Å²) in [6.45, 7) is 8.52. The van der Waals surface area contributed by atoms with Gasteiger partial charge in [-0.05, 0) is 57.1 Å². The number of hydrogen-bond donors (Lipinski definition) is 1. The zero-order valence-corrected chi connectivity index (χ0v) is 12.3. The predicted molar refractivity (Wildman–Crippen MR) is 77.8 cm³/mol. The van der Waals surface area contributed by atoms with Gasteiger partial charge in [-0.1, -0.05) is 6.42 Å². The van der Waals surface area contributed by atoms with Crippen molar-refractivity contribution >= 4 is 11.8 Å². The highest BCUT2D eigenvalue weighted by molar-refractivity contribution is 7.99. The minimum atomic E-state index is 0.698. The topological polar surface area (TPSA) is 15.3 Å². The van der Waals surface area contributed by atoms with Crippen molar-refractivity contribution in [2.45, 2.75) is 51.6 Å². The summed E-state index contributed by atoms with van der Waals surface area (Å²) in [6.07, 6.45) is 5.61. The van der Waals surface area contributed by atoms with E-state index in [0.717, 1.165) is 12.0 Å². The van der Waals surface area contributed by atoms with Crippen LogP contribution >= 0.6 is 11.8 Å². The fraction of sp³-hybridized carbons (Fsp3) is 1.00. The minimum absolute atomic E-state index is 0.698. The molecule has 0 aliphatic carbocycles. The molecule has 2 rings (SSSR count). The summed E-state index contributed by atoms with van der Waals surface area (Å²) < 4.78 is 0. The van der Waals surface area contributed by atoms with Crippen LogP contribution in [0.5, 0.6) is 0 Å². The van der Waals surface area contributed by atoms with Crippen molar-refractivity contribution in [3.05, 3.63) is 0 Å². The quantitative estimate of drug-likeness (QED) is 0.814. The van der Waals surface area contributed by atoms with Gasteiger partial charge in [0.1, 0.15) is 0 Å². The lowest BCUT2D eigenvalue weighted by Crippen LogP contribution is -2.47. The molecular formula is C14H28N2S. The maximum atomic E-state index is 3.68. The molecule has 0 saturated carbocycles. The van der Waals surface area contributed by atoms with Crippen molar-refractivity contribution in [2.75, 3.05) is 31.1 Å². The van der Waals surface area contributed by atoms with Gasteiger partial charge in [-0.2, -0.15) is 11.8 Å². The fourth-order valence-corrected chi connectivity index (χ4v) is 4.19. The first-order valence-corrected chi connectivity index (χ1v) is 8.46. The molecule has 1 N–H and O–H groups in total. The summed E-state index contributed by atoms with van der Waals surface area (Å²) in [5, 5.41) is 3.68. The fourth-order valence-electron chi connectivity index (χ4n) is 2.92. The third kappa shape index (κ3) is 4.46. The van der Waals surface area contributed by atoms with Crippen molar-refractivity contribution in [3.8, 4) is 0 Å². The van der Waals surface area contributed by atoms with Crippen LogP contribution in [-0.2, 0) is 0 Å². The first-order valence-electron chi connectivity index (χ1n) is 7.31.